The monoisotopic (exact) mass is 419 g/mol. The number of hydrogen-bond donors (Lipinski definition) is 0. The second-order valence-electron chi connectivity index (χ2n) is 7.52. The van der Waals surface area contributed by atoms with E-state index in [1.54, 1.807) is 6.08 Å². The smallest absolute Gasteiger partial charge is 0.345 e. The number of carbonyl (C=O) groups is 1. The van der Waals surface area contributed by atoms with Crippen LogP contribution in [0.4, 0.5) is 5.69 Å². The van der Waals surface area contributed by atoms with Gasteiger partial charge in [-0.15, -0.1) is 0 Å². The number of ether oxygens (including phenoxy) is 3. The van der Waals surface area contributed by atoms with Crippen LogP contribution >= 0.6 is 0 Å². The van der Waals surface area contributed by atoms with Gasteiger partial charge in [-0.3, -0.25) is 0 Å². The standard InChI is InChI=1S/C27H17NO4/c29-27-22(14-17-12-13-24-25(15-17)31-16-30-24)20-9-3-4-10-21(20)26(32-27)28-23-11-5-7-18-6-1-2-8-19(18)23/h1-15H,16H2/b22-14-,28-26?. The number of hydrogen-bond acceptors (Lipinski definition) is 5. The normalized spacial score (nSPS) is 16.9. The fourth-order valence-corrected chi connectivity index (χ4v) is 4.02. The van der Waals surface area contributed by atoms with E-state index in [-0.39, 0.29) is 6.79 Å². The Balaban J connectivity index is 1.46. The van der Waals surface area contributed by atoms with Crippen LogP contribution in [0.1, 0.15) is 16.7 Å². The molecule has 4 aromatic carbocycles. The molecule has 5 heteroatoms. The summed E-state index contributed by atoms with van der Waals surface area (Å²) in [5, 5.41) is 2.07. The van der Waals surface area contributed by atoms with Crippen LogP contribution in [0.15, 0.2) is 89.9 Å². The number of benzene rings is 4. The van der Waals surface area contributed by atoms with Crippen LogP contribution in [0, 0.1) is 0 Å². The minimum absolute atomic E-state index is 0.203. The van der Waals surface area contributed by atoms with Crippen molar-refractivity contribution >= 4 is 40.0 Å². The highest BCUT2D eigenvalue weighted by atomic mass is 16.7. The zero-order chi connectivity index (χ0) is 21.5. The maximum Gasteiger partial charge on any atom is 0.345 e. The number of aliphatic imine (C=N–C) groups is 1. The topological polar surface area (TPSA) is 57.1 Å². The average Bonchev–Trinajstić information content (AvgIpc) is 3.30. The maximum atomic E-state index is 13.0. The molecule has 154 valence electrons. The first-order chi connectivity index (χ1) is 15.8. The lowest BCUT2D eigenvalue weighted by molar-refractivity contribution is -0.129. The molecular formula is C27H17NO4. The summed E-state index contributed by atoms with van der Waals surface area (Å²) in [6.07, 6.45) is 1.80. The van der Waals surface area contributed by atoms with Gasteiger partial charge in [-0.1, -0.05) is 60.7 Å². The molecule has 0 radical (unpaired) electrons. The number of nitrogens with zero attached hydrogens (tertiary/aromatic N) is 1. The SMILES string of the molecule is O=C1OC(=Nc2cccc3ccccc23)c2ccccc2/C1=C/c1ccc2c(c1)OCO2. The summed E-state index contributed by atoms with van der Waals surface area (Å²) in [6, 6.07) is 27.1. The molecule has 0 N–H and O–H groups in total. The Morgan fingerprint density at radius 3 is 2.50 bits per heavy atom. The molecule has 6 rings (SSSR count). The van der Waals surface area contributed by atoms with Crippen LogP contribution in [0.3, 0.4) is 0 Å². The van der Waals surface area contributed by atoms with E-state index < -0.39 is 5.97 Å². The van der Waals surface area contributed by atoms with E-state index >= 15 is 0 Å². The molecule has 2 aliphatic heterocycles. The van der Waals surface area contributed by atoms with E-state index in [0.29, 0.717) is 23.0 Å². The Hall–Kier alpha value is -4.38. The molecular weight excluding hydrogens is 402 g/mol. The van der Waals surface area contributed by atoms with Gasteiger partial charge in [0.2, 0.25) is 12.7 Å². The number of carbonyl (C=O) groups excluding carboxylic acids is 1. The Kier molecular flexibility index (Phi) is 4.25. The minimum Gasteiger partial charge on any atom is -0.454 e. The molecule has 0 saturated heterocycles. The number of cyclic esters (lactones) is 1. The van der Waals surface area contributed by atoms with Crippen LogP contribution in [-0.4, -0.2) is 18.7 Å². The molecule has 0 atom stereocenters. The Morgan fingerprint density at radius 1 is 0.781 bits per heavy atom. The number of fused-ring (bicyclic) bond motifs is 3. The molecule has 2 aliphatic rings. The quantitative estimate of drug-likeness (QED) is 0.307. The van der Waals surface area contributed by atoms with Crippen LogP contribution in [0.2, 0.25) is 0 Å². The highest BCUT2D eigenvalue weighted by Crippen LogP contribution is 2.36. The lowest BCUT2D eigenvalue weighted by atomic mass is 9.95. The Bertz CT molecular complexity index is 1450. The first kappa shape index (κ1) is 18.4. The summed E-state index contributed by atoms with van der Waals surface area (Å²) in [5.41, 5.74) is 3.60. The lowest BCUT2D eigenvalue weighted by Crippen LogP contribution is -2.22. The maximum absolute atomic E-state index is 13.0. The van der Waals surface area contributed by atoms with E-state index in [1.165, 1.54) is 0 Å². The van der Waals surface area contributed by atoms with Gasteiger partial charge >= 0.3 is 5.97 Å². The highest BCUT2D eigenvalue weighted by molar-refractivity contribution is 6.30. The fraction of sp³-hybridized carbons (Fsp3) is 0.0370. The molecule has 0 fully saturated rings. The van der Waals surface area contributed by atoms with Crippen molar-refractivity contribution in [3.63, 3.8) is 0 Å². The van der Waals surface area contributed by atoms with E-state index in [9.17, 15) is 4.79 Å². The average molecular weight is 419 g/mol. The molecule has 0 bridgehead atoms. The highest BCUT2D eigenvalue weighted by Gasteiger charge is 2.28. The molecule has 4 aromatic rings. The van der Waals surface area contributed by atoms with Gasteiger partial charge < -0.3 is 14.2 Å². The second-order valence-corrected chi connectivity index (χ2v) is 7.52. The van der Waals surface area contributed by atoms with Gasteiger partial charge in [0, 0.05) is 16.5 Å². The summed E-state index contributed by atoms with van der Waals surface area (Å²) in [7, 11) is 0. The van der Waals surface area contributed by atoms with Gasteiger partial charge in [0.25, 0.3) is 0 Å². The van der Waals surface area contributed by atoms with Crippen LogP contribution < -0.4 is 9.47 Å². The molecule has 0 saturated carbocycles. The van der Waals surface area contributed by atoms with E-state index in [4.69, 9.17) is 19.2 Å². The minimum atomic E-state index is -0.444. The van der Waals surface area contributed by atoms with Crippen molar-refractivity contribution in [3.05, 3.63) is 102 Å². The Morgan fingerprint density at radius 2 is 1.56 bits per heavy atom. The van der Waals surface area contributed by atoms with Crippen LogP contribution in [-0.2, 0) is 9.53 Å². The molecule has 0 aromatic heterocycles. The summed E-state index contributed by atoms with van der Waals surface area (Å²) in [6.45, 7) is 0.203. The third-order valence-electron chi connectivity index (χ3n) is 5.55. The summed E-state index contributed by atoms with van der Waals surface area (Å²) in [4.78, 5) is 17.8. The van der Waals surface area contributed by atoms with Gasteiger partial charge in [-0.25, -0.2) is 9.79 Å². The zero-order valence-electron chi connectivity index (χ0n) is 16.9. The van der Waals surface area contributed by atoms with Crippen molar-refractivity contribution in [3.8, 4) is 11.5 Å². The molecule has 2 heterocycles. The van der Waals surface area contributed by atoms with Gasteiger partial charge in [0.15, 0.2) is 11.5 Å². The molecule has 0 amide bonds. The van der Waals surface area contributed by atoms with E-state index in [1.807, 2.05) is 84.9 Å². The summed E-state index contributed by atoms with van der Waals surface area (Å²) in [5.74, 6) is 1.21. The Labute approximate surface area is 184 Å². The summed E-state index contributed by atoms with van der Waals surface area (Å²) < 4.78 is 16.6. The van der Waals surface area contributed by atoms with Gasteiger partial charge in [-0.05, 0) is 41.3 Å². The predicted octanol–water partition coefficient (Wildman–Crippen LogP) is 5.74. The predicted molar refractivity (Wildman–Crippen MR) is 123 cm³/mol. The zero-order valence-corrected chi connectivity index (χ0v) is 16.9. The molecule has 0 unspecified atom stereocenters. The van der Waals surface area contributed by atoms with Crippen molar-refractivity contribution < 1.29 is 19.0 Å². The summed E-state index contributed by atoms with van der Waals surface area (Å²) >= 11 is 0. The van der Waals surface area contributed by atoms with Gasteiger partial charge in [0.05, 0.1) is 11.3 Å². The molecule has 5 nitrogen and oxygen atoms in total. The van der Waals surface area contributed by atoms with Gasteiger partial charge in [0.1, 0.15) is 0 Å². The third kappa shape index (κ3) is 3.11. The van der Waals surface area contributed by atoms with Crippen LogP contribution in [0.5, 0.6) is 11.5 Å². The van der Waals surface area contributed by atoms with E-state index in [0.717, 1.165) is 33.2 Å². The number of rotatable bonds is 2. The molecule has 32 heavy (non-hydrogen) atoms. The van der Waals surface area contributed by atoms with Crippen molar-refractivity contribution in [2.45, 2.75) is 0 Å². The van der Waals surface area contributed by atoms with Gasteiger partial charge in [-0.2, -0.15) is 0 Å². The molecule has 0 spiro atoms. The fourth-order valence-electron chi connectivity index (χ4n) is 4.02. The van der Waals surface area contributed by atoms with Crippen molar-refractivity contribution in [1.29, 1.82) is 0 Å². The first-order valence-electron chi connectivity index (χ1n) is 10.3. The third-order valence-corrected chi connectivity index (χ3v) is 5.55. The van der Waals surface area contributed by atoms with E-state index in [2.05, 4.69) is 0 Å². The number of esters is 1. The largest absolute Gasteiger partial charge is 0.454 e. The van der Waals surface area contributed by atoms with Crippen molar-refractivity contribution in [2.24, 2.45) is 4.99 Å². The molecule has 0 aliphatic carbocycles. The van der Waals surface area contributed by atoms with Crippen LogP contribution in [0.25, 0.3) is 22.4 Å². The van der Waals surface area contributed by atoms with Crippen molar-refractivity contribution in [2.75, 3.05) is 6.79 Å². The van der Waals surface area contributed by atoms with Crippen molar-refractivity contribution in [1.82, 2.24) is 0 Å². The first-order valence-corrected chi connectivity index (χ1v) is 10.3. The second kappa shape index (κ2) is 7.39. The lowest BCUT2D eigenvalue weighted by Gasteiger charge is -2.20.